The lowest BCUT2D eigenvalue weighted by Gasteiger charge is -2.53. The molecule has 80 valence electrons. The molecule has 1 saturated carbocycles. The molecule has 1 aliphatic carbocycles. The summed E-state index contributed by atoms with van der Waals surface area (Å²) in [6, 6.07) is -0.349. The van der Waals surface area contributed by atoms with Crippen LogP contribution in [0.5, 0.6) is 0 Å². The Labute approximate surface area is 83.8 Å². The van der Waals surface area contributed by atoms with E-state index < -0.39 is 5.97 Å². The minimum atomic E-state index is -0.722. The zero-order chi connectivity index (χ0) is 10.3. The number of nitrogens with zero attached hydrogens (tertiary/aromatic N) is 1. The summed E-state index contributed by atoms with van der Waals surface area (Å²) in [5.74, 6) is 0.390. The molecule has 3 rings (SSSR count). The number of methoxy groups -OCH3 is 1. The molecule has 2 bridgehead atoms. The van der Waals surface area contributed by atoms with E-state index in [1.807, 2.05) is 0 Å². The summed E-state index contributed by atoms with van der Waals surface area (Å²) in [5.41, 5.74) is 0. The number of carboxylic acids is 1. The SMILES string of the molecule is COC1C2CC1CN(C(C)C(=O)O)C2. The molecule has 2 heterocycles. The predicted molar refractivity (Wildman–Crippen MR) is 51.1 cm³/mol. The molecule has 4 nitrogen and oxygen atoms in total. The lowest BCUT2D eigenvalue weighted by molar-refractivity contribution is -0.157. The molecule has 2 aliphatic heterocycles. The number of carbonyl (C=O) groups is 1. The average molecular weight is 199 g/mol. The Morgan fingerprint density at radius 2 is 2.07 bits per heavy atom. The molecule has 0 aromatic carbocycles. The Morgan fingerprint density at radius 3 is 2.50 bits per heavy atom. The number of rotatable bonds is 3. The van der Waals surface area contributed by atoms with Crippen LogP contribution >= 0.6 is 0 Å². The minimum absolute atomic E-state index is 0.349. The molecule has 3 fully saturated rings. The normalized spacial score (nSPS) is 38.9. The van der Waals surface area contributed by atoms with Crippen LogP contribution in [0.1, 0.15) is 13.3 Å². The van der Waals surface area contributed by atoms with Crippen LogP contribution in [-0.4, -0.2) is 48.3 Å². The van der Waals surface area contributed by atoms with Crippen molar-refractivity contribution in [2.75, 3.05) is 20.2 Å². The van der Waals surface area contributed by atoms with Crippen molar-refractivity contribution in [3.8, 4) is 0 Å². The van der Waals surface area contributed by atoms with E-state index in [0.717, 1.165) is 13.1 Å². The van der Waals surface area contributed by atoms with Gasteiger partial charge in [0.1, 0.15) is 6.04 Å². The average Bonchev–Trinajstić information content (AvgIpc) is 2.17. The van der Waals surface area contributed by atoms with Gasteiger partial charge in [0.05, 0.1) is 6.10 Å². The lowest BCUT2D eigenvalue weighted by atomic mass is 9.67. The molecule has 0 aromatic rings. The highest BCUT2D eigenvalue weighted by Crippen LogP contribution is 2.42. The molecule has 0 spiro atoms. The van der Waals surface area contributed by atoms with Crippen LogP contribution in [0.2, 0.25) is 0 Å². The summed E-state index contributed by atoms with van der Waals surface area (Å²) in [4.78, 5) is 12.9. The Hall–Kier alpha value is -0.610. The van der Waals surface area contributed by atoms with Gasteiger partial charge in [-0.1, -0.05) is 0 Å². The molecule has 0 aromatic heterocycles. The van der Waals surface area contributed by atoms with E-state index in [1.54, 1.807) is 14.0 Å². The molecule has 2 saturated heterocycles. The maximum absolute atomic E-state index is 10.8. The number of carboxylic acid groups (broad SMARTS) is 1. The first-order valence-corrected chi connectivity index (χ1v) is 5.13. The van der Waals surface area contributed by atoms with Crippen molar-refractivity contribution in [2.24, 2.45) is 11.8 Å². The predicted octanol–water partition coefficient (Wildman–Crippen LogP) is 0.426. The summed E-state index contributed by atoms with van der Waals surface area (Å²) in [5, 5.41) is 8.89. The summed E-state index contributed by atoms with van der Waals surface area (Å²) in [7, 11) is 1.75. The van der Waals surface area contributed by atoms with Crippen LogP contribution in [0.25, 0.3) is 0 Å². The molecule has 1 N–H and O–H groups in total. The van der Waals surface area contributed by atoms with E-state index in [2.05, 4.69) is 4.90 Å². The van der Waals surface area contributed by atoms with E-state index in [4.69, 9.17) is 9.84 Å². The fraction of sp³-hybridized carbons (Fsp3) is 0.900. The summed E-state index contributed by atoms with van der Waals surface area (Å²) in [6.07, 6.45) is 1.59. The van der Waals surface area contributed by atoms with Crippen LogP contribution in [0, 0.1) is 11.8 Å². The fourth-order valence-electron chi connectivity index (χ4n) is 2.74. The molecule has 0 amide bonds. The van der Waals surface area contributed by atoms with Gasteiger partial charge in [0.15, 0.2) is 0 Å². The minimum Gasteiger partial charge on any atom is -0.480 e. The largest absolute Gasteiger partial charge is 0.480 e. The molecule has 3 aliphatic rings. The smallest absolute Gasteiger partial charge is 0.320 e. The van der Waals surface area contributed by atoms with Crippen LogP contribution in [0.4, 0.5) is 0 Å². The van der Waals surface area contributed by atoms with Crippen molar-refractivity contribution in [1.29, 1.82) is 0 Å². The molecule has 4 heteroatoms. The second-order valence-corrected chi connectivity index (χ2v) is 4.42. The van der Waals surface area contributed by atoms with Crippen molar-refractivity contribution in [3.05, 3.63) is 0 Å². The molecule has 3 atom stereocenters. The van der Waals surface area contributed by atoms with E-state index in [9.17, 15) is 4.79 Å². The van der Waals surface area contributed by atoms with Gasteiger partial charge in [0, 0.05) is 20.2 Å². The number of piperidine rings is 2. The Morgan fingerprint density at radius 1 is 1.50 bits per heavy atom. The van der Waals surface area contributed by atoms with E-state index in [0.29, 0.717) is 17.9 Å². The van der Waals surface area contributed by atoms with E-state index in [1.165, 1.54) is 6.42 Å². The monoisotopic (exact) mass is 199 g/mol. The second-order valence-electron chi connectivity index (χ2n) is 4.42. The first-order chi connectivity index (χ1) is 6.63. The fourth-order valence-corrected chi connectivity index (χ4v) is 2.74. The van der Waals surface area contributed by atoms with Gasteiger partial charge in [0.2, 0.25) is 0 Å². The van der Waals surface area contributed by atoms with Gasteiger partial charge in [-0.2, -0.15) is 0 Å². The highest BCUT2D eigenvalue weighted by atomic mass is 16.5. The molecule has 3 unspecified atom stereocenters. The lowest BCUT2D eigenvalue weighted by Crippen LogP contribution is -2.61. The molecule has 0 radical (unpaired) electrons. The summed E-state index contributed by atoms with van der Waals surface area (Å²) < 4.78 is 5.37. The topological polar surface area (TPSA) is 49.8 Å². The van der Waals surface area contributed by atoms with E-state index in [-0.39, 0.29) is 6.04 Å². The summed E-state index contributed by atoms with van der Waals surface area (Å²) in [6.45, 7) is 3.51. The van der Waals surface area contributed by atoms with Crippen molar-refractivity contribution >= 4 is 5.97 Å². The van der Waals surface area contributed by atoms with Gasteiger partial charge in [-0.05, 0) is 25.2 Å². The standard InChI is InChI=1S/C10H17NO3/c1-6(10(12)13)11-4-7-3-8(5-11)9(7)14-2/h6-9H,3-5H2,1-2H3,(H,12,13). The van der Waals surface area contributed by atoms with Crippen LogP contribution in [0.3, 0.4) is 0 Å². The van der Waals surface area contributed by atoms with Crippen LogP contribution in [0.15, 0.2) is 0 Å². The third-order valence-electron chi connectivity index (χ3n) is 3.65. The zero-order valence-corrected chi connectivity index (χ0v) is 8.64. The number of ether oxygens (including phenoxy) is 1. The van der Waals surface area contributed by atoms with Crippen molar-refractivity contribution < 1.29 is 14.6 Å². The molecular formula is C10H17NO3. The van der Waals surface area contributed by atoms with Gasteiger partial charge in [-0.25, -0.2) is 0 Å². The molecular weight excluding hydrogens is 182 g/mol. The Kier molecular flexibility index (Phi) is 2.49. The van der Waals surface area contributed by atoms with Crippen molar-refractivity contribution in [1.82, 2.24) is 4.90 Å². The van der Waals surface area contributed by atoms with Gasteiger partial charge >= 0.3 is 5.97 Å². The van der Waals surface area contributed by atoms with E-state index >= 15 is 0 Å². The Balaban J connectivity index is 1.93. The third kappa shape index (κ3) is 1.42. The van der Waals surface area contributed by atoms with Crippen molar-refractivity contribution in [2.45, 2.75) is 25.5 Å². The molecule has 14 heavy (non-hydrogen) atoms. The van der Waals surface area contributed by atoms with Crippen LogP contribution in [-0.2, 0) is 9.53 Å². The van der Waals surface area contributed by atoms with Gasteiger partial charge in [-0.3, -0.25) is 9.69 Å². The number of hydrogen-bond donors (Lipinski definition) is 1. The van der Waals surface area contributed by atoms with Crippen molar-refractivity contribution in [3.63, 3.8) is 0 Å². The maximum Gasteiger partial charge on any atom is 0.320 e. The first kappa shape index (κ1) is 9.93. The zero-order valence-electron chi connectivity index (χ0n) is 8.64. The van der Waals surface area contributed by atoms with Gasteiger partial charge in [-0.15, -0.1) is 0 Å². The van der Waals surface area contributed by atoms with Crippen LogP contribution < -0.4 is 0 Å². The Bertz CT molecular complexity index is 232. The first-order valence-electron chi connectivity index (χ1n) is 5.13. The van der Waals surface area contributed by atoms with Gasteiger partial charge in [0.25, 0.3) is 0 Å². The number of hydrogen-bond acceptors (Lipinski definition) is 3. The quantitative estimate of drug-likeness (QED) is 0.716. The third-order valence-corrected chi connectivity index (χ3v) is 3.65. The highest BCUT2D eigenvalue weighted by molar-refractivity contribution is 5.72. The summed E-state index contributed by atoms with van der Waals surface area (Å²) >= 11 is 0. The second kappa shape index (κ2) is 3.51. The van der Waals surface area contributed by atoms with Gasteiger partial charge < -0.3 is 9.84 Å². The maximum atomic E-state index is 10.8. The number of aliphatic carboxylic acids is 1. The number of fused-ring (bicyclic) bond motifs is 2. The highest BCUT2D eigenvalue weighted by Gasteiger charge is 2.48.